The lowest BCUT2D eigenvalue weighted by Gasteiger charge is -2.11. The molecule has 8 nitrogen and oxygen atoms in total. The van der Waals surface area contributed by atoms with Crippen LogP contribution in [-0.2, 0) is 11.5 Å². The molecular weight excluding hydrogens is 346 g/mol. The zero-order valence-electron chi connectivity index (χ0n) is 14.5. The molecule has 0 fully saturated rings. The molecule has 0 aliphatic rings. The first-order valence-electron chi connectivity index (χ1n) is 8.44. The standard InChI is InChI=1S/C19H18N5O3/c20-19-17-18(15-3-1-2-4-16(15)22-19)24(11-21-17)12-26-9-10-27-14-7-5-13(23-25)6-8-14/h1-8,11,23H,9-10,12H2,(H2,20,22)/q-1. The van der Waals surface area contributed by atoms with Crippen molar-refractivity contribution in [3.63, 3.8) is 0 Å². The second-order valence-corrected chi connectivity index (χ2v) is 5.94. The van der Waals surface area contributed by atoms with E-state index in [-0.39, 0.29) is 0 Å². The number of rotatable bonds is 7. The molecule has 0 amide bonds. The first-order valence-corrected chi connectivity index (χ1v) is 8.44. The van der Waals surface area contributed by atoms with Crippen LogP contribution in [0.15, 0.2) is 54.9 Å². The molecule has 0 aliphatic carbocycles. The number of aromatic nitrogens is 3. The number of imidazole rings is 1. The van der Waals surface area contributed by atoms with Gasteiger partial charge in [0.25, 0.3) is 0 Å². The Balaban J connectivity index is 1.40. The SMILES string of the molecule is Nc1nc2ccccc2c2c1ncn2COCCOc1ccc(N[O-])cc1. The van der Waals surface area contributed by atoms with E-state index in [1.54, 1.807) is 30.6 Å². The lowest BCUT2D eigenvalue weighted by Crippen LogP contribution is -2.09. The van der Waals surface area contributed by atoms with Gasteiger partial charge in [-0.25, -0.2) is 9.97 Å². The molecule has 0 unspecified atom stereocenters. The number of pyridine rings is 1. The smallest absolute Gasteiger partial charge is 0.152 e. The number of para-hydroxylation sites is 1. The average molecular weight is 364 g/mol. The number of hydrogen-bond acceptors (Lipinski definition) is 7. The first kappa shape index (κ1) is 17.1. The second kappa shape index (κ2) is 7.48. The second-order valence-electron chi connectivity index (χ2n) is 5.94. The van der Waals surface area contributed by atoms with Gasteiger partial charge in [0.1, 0.15) is 24.6 Å². The summed E-state index contributed by atoms with van der Waals surface area (Å²) in [6, 6.07) is 14.6. The highest BCUT2D eigenvalue weighted by atomic mass is 16.5. The van der Waals surface area contributed by atoms with E-state index in [9.17, 15) is 5.21 Å². The van der Waals surface area contributed by atoms with E-state index in [0.717, 1.165) is 16.4 Å². The predicted octanol–water partition coefficient (Wildman–Crippen LogP) is 3.13. The van der Waals surface area contributed by atoms with Gasteiger partial charge in [-0.3, -0.25) is 0 Å². The number of benzene rings is 2. The lowest BCUT2D eigenvalue weighted by molar-refractivity contribution is 0.0560. The minimum Gasteiger partial charge on any atom is -0.761 e. The number of nitrogen functional groups attached to an aromatic ring is 1. The molecule has 4 aromatic rings. The van der Waals surface area contributed by atoms with E-state index in [0.29, 0.717) is 42.7 Å². The van der Waals surface area contributed by atoms with Crippen LogP contribution in [-0.4, -0.2) is 27.7 Å². The predicted molar refractivity (Wildman–Crippen MR) is 104 cm³/mol. The molecule has 4 rings (SSSR count). The Kier molecular flexibility index (Phi) is 4.73. The number of nitrogens with two attached hydrogens (primary N) is 1. The van der Waals surface area contributed by atoms with Gasteiger partial charge >= 0.3 is 0 Å². The summed E-state index contributed by atoms with van der Waals surface area (Å²) in [7, 11) is 0. The van der Waals surface area contributed by atoms with Gasteiger partial charge in [-0.1, -0.05) is 18.2 Å². The third kappa shape index (κ3) is 3.48. The summed E-state index contributed by atoms with van der Waals surface area (Å²) >= 11 is 0. The van der Waals surface area contributed by atoms with E-state index in [4.69, 9.17) is 15.2 Å². The van der Waals surface area contributed by atoms with Crippen molar-refractivity contribution in [2.45, 2.75) is 6.73 Å². The topological polar surface area (TPSA) is 110 Å². The van der Waals surface area contributed by atoms with Crippen molar-refractivity contribution in [1.82, 2.24) is 14.5 Å². The number of fused-ring (bicyclic) bond motifs is 3. The van der Waals surface area contributed by atoms with Crippen molar-refractivity contribution >= 4 is 33.4 Å². The van der Waals surface area contributed by atoms with Crippen molar-refractivity contribution in [3.05, 3.63) is 60.1 Å². The van der Waals surface area contributed by atoms with Gasteiger partial charge in [0, 0.05) is 11.1 Å². The van der Waals surface area contributed by atoms with Crippen LogP contribution in [0.5, 0.6) is 5.75 Å². The van der Waals surface area contributed by atoms with Gasteiger partial charge in [0.05, 0.1) is 24.0 Å². The van der Waals surface area contributed by atoms with Crippen LogP contribution in [0.4, 0.5) is 11.5 Å². The van der Waals surface area contributed by atoms with Crippen LogP contribution in [0.25, 0.3) is 21.9 Å². The van der Waals surface area contributed by atoms with Crippen LogP contribution in [0, 0.1) is 5.21 Å². The van der Waals surface area contributed by atoms with Gasteiger partial charge in [-0.15, -0.1) is 0 Å². The van der Waals surface area contributed by atoms with E-state index in [1.165, 1.54) is 0 Å². The van der Waals surface area contributed by atoms with Crippen LogP contribution in [0.2, 0.25) is 0 Å². The monoisotopic (exact) mass is 364 g/mol. The van der Waals surface area contributed by atoms with Crippen LogP contribution >= 0.6 is 0 Å². The fraction of sp³-hybridized carbons (Fsp3) is 0.158. The van der Waals surface area contributed by atoms with Crippen molar-refractivity contribution in [3.8, 4) is 5.75 Å². The highest BCUT2D eigenvalue weighted by molar-refractivity contribution is 6.06. The molecule has 138 valence electrons. The molecule has 0 saturated carbocycles. The summed E-state index contributed by atoms with van der Waals surface area (Å²) in [5, 5.41) is 11.5. The molecule has 2 aromatic carbocycles. The fourth-order valence-electron chi connectivity index (χ4n) is 2.90. The Labute approximate surface area is 155 Å². The summed E-state index contributed by atoms with van der Waals surface area (Å²) in [6.07, 6.45) is 1.70. The molecule has 0 atom stereocenters. The zero-order chi connectivity index (χ0) is 18.6. The Bertz CT molecular complexity index is 1060. The normalized spacial score (nSPS) is 11.1. The van der Waals surface area contributed by atoms with E-state index >= 15 is 0 Å². The fourth-order valence-corrected chi connectivity index (χ4v) is 2.90. The Hall–Kier alpha value is -3.36. The summed E-state index contributed by atoms with van der Waals surface area (Å²) in [6.45, 7) is 1.12. The molecule has 0 spiro atoms. The maximum absolute atomic E-state index is 10.5. The maximum atomic E-state index is 10.5. The quantitative estimate of drug-likeness (QED) is 0.383. The minimum atomic E-state index is 0.326. The molecule has 0 bridgehead atoms. The Morgan fingerprint density at radius 3 is 2.70 bits per heavy atom. The molecule has 2 heterocycles. The summed E-state index contributed by atoms with van der Waals surface area (Å²) in [4.78, 5) is 8.75. The molecule has 0 saturated heterocycles. The first-order chi connectivity index (χ1) is 13.3. The third-order valence-electron chi connectivity index (χ3n) is 4.18. The van der Waals surface area contributed by atoms with Crippen molar-refractivity contribution in [2.24, 2.45) is 0 Å². The highest BCUT2D eigenvalue weighted by Crippen LogP contribution is 2.26. The van der Waals surface area contributed by atoms with E-state index < -0.39 is 0 Å². The van der Waals surface area contributed by atoms with E-state index in [1.807, 2.05) is 34.3 Å². The Morgan fingerprint density at radius 2 is 1.89 bits per heavy atom. The van der Waals surface area contributed by atoms with Crippen molar-refractivity contribution in [2.75, 3.05) is 24.4 Å². The van der Waals surface area contributed by atoms with Crippen LogP contribution in [0.1, 0.15) is 0 Å². The maximum Gasteiger partial charge on any atom is 0.152 e. The molecule has 0 aliphatic heterocycles. The minimum absolute atomic E-state index is 0.326. The van der Waals surface area contributed by atoms with Crippen molar-refractivity contribution < 1.29 is 9.47 Å². The molecule has 8 heteroatoms. The van der Waals surface area contributed by atoms with Gasteiger partial charge < -0.3 is 30.5 Å². The number of ether oxygens (including phenoxy) is 2. The van der Waals surface area contributed by atoms with Gasteiger partial charge in [-0.05, 0) is 30.3 Å². The van der Waals surface area contributed by atoms with Gasteiger partial charge in [-0.2, -0.15) is 0 Å². The van der Waals surface area contributed by atoms with Crippen molar-refractivity contribution in [1.29, 1.82) is 0 Å². The average Bonchev–Trinajstić information content (AvgIpc) is 3.13. The molecular formula is C19H18N5O3-. The third-order valence-corrected chi connectivity index (χ3v) is 4.18. The van der Waals surface area contributed by atoms with Crippen LogP contribution < -0.4 is 16.0 Å². The molecule has 2 aromatic heterocycles. The molecule has 3 N–H and O–H groups in total. The highest BCUT2D eigenvalue weighted by Gasteiger charge is 2.11. The molecule has 27 heavy (non-hydrogen) atoms. The van der Waals surface area contributed by atoms with Gasteiger partial charge in [0.15, 0.2) is 5.82 Å². The van der Waals surface area contributed by atoms with Crippen LogP contribution in [0.3, 0.4) is 0 Å². The number of hydrogen-bond donors (Lipinski definition) is 2. The summed E-state index contributed by atoms with van der Waals surface area (Å²) < 4.78 is 13.2. The van der Waals surface area contributed by atoms with E-state index in [2.05, 4.69) is 9.97 Å². The Morgan fingerprint density at radius 1 is 1.07 bits per heavy atom. The number of anilines is 2. The summed E-state index contributed by atoms with van der Waals surface area (Å²) in [5.74, 6) is 1.08. The zero-order valence-corrected chi connectivity index (χ0v) is 14.5. The molecule has 0 radical (unpaired) electrons. The largest absolute Gasteiger partial charge is 0.761 e. The lowest BCUT2D eigenvalue weighted by atomic mass is 10.2. The summed E-state index contributed by atoms with van der Waals surface area (Å²) in [5.41, 5.74) is 10.7. The van der Waals surface area contributed by atoms with Gasteiger partial charge in [0.2, 0.25) is 0 Å². The number of nitrogens with one attached hydrogen (secondary N) is 1. The number of nitrogens with zero attached hydrogens (tertiary/aromatic N) is 3.